The first-order valence-corrected chi connectivity index (χ1v) is 7.97. The van der Waals surface area contributed by atoms with Crippen LogP contribution in [0.25, 0.3) is 0 Å². The van der Waals surface area contributed by atoms with E-state index in [9.17, 15) is 0 Å². The molecule has 5 nitrogen and oxygen atoms in total. The molecule has 1 aromatic heterocycles. The quantitative estimate of drug-likeness (QED) is 0.267. The summed E-state index contributed by atoms with van der Waals surface area (Å²) in [5.41, 5.74) is 0.680. The summed E-state index contributed by atoms with van der Waals surface area (Å²) < 4.78 is 0. The van der Waals surface area contributed by atoms with Gasteiger partial charge in [0.1, 0.15) is 5.69 Å². The molecule has 1 aromatic rings. The van der Waals surface area contributed by atoms with E-state index in [1.807, 2.05) is 0 Å². The third-order valence-electron chi connectivity index (χ3n) is 2.79. The van der Waals surface area contributed by atoms with E-state index in [0.29, 0.717) is 10.9 Å². The largest absolute Gasteiger partial charge is 0.741 e. The van der Waals surface area contributed by atoms with Gasteiger partial charge in [-0.15, -0.1) is 0 Å². The molecule has 20 heavy (non-hydrogen) atoms. The Balaban J connectivity index is 0.000000956. The topological polar surface area (TPSA) is 53.7 Å². The Bertz CT molecular complexity index is 421. The molecule has 0 bridgehead atoms. The molecule has 2 heterocycles. The van der Waals surface area contributed by atoms with Crippen LogP contribution >= 0.6 is 10.1 Å². The van der Waals surface area contributed by atoms with Crippen molar-refractivity contribution in [1.82, 2.24) is 14.9 Å². The fraction of sp³-hybridized carbons (Fsp3) is 0.500. The third kappa shape index (κ3) is 6.61. The van der Waals surface area contributed by atoms with Crippen LogP contribution in [0.15, 0.2) is 28.8 Å². The zero-order chi connectivity index (χ0) is 14.6. The van der Waals surface area contributed by atoms with Gasteiger partial charge in [-0.1, -0.05) is 12.8 Å². The molecule has 8 heteroatoms. The number of halogens is 1. The SMILES string of the molecule is [Cl][Cu+].[S-]/C(=N\N=C\c1cnccn1)N1CCCCCC1. The van der Waals surface area contributed by atoms with Gasteiger partial charge in [0.2, 0.25) is 0 Å². The summed E-state index contributed by atoms with van der Waals surface area (Å²) in [6.45, 7) is 1.98. The van der Waals surface area contributed by atoms with E-state index in [2.05, 4.69) is 50.3 Å². The molecule has 1 fully saturated rings. The Morgan fingerprint density at radius 1 is 1.25 bits per heavy atom. The summed E-state index contributed by atoms with van der Waals surface area (Å²) >= 11 is 8.92. The molecule has 2 rings (SSSR count). The molecule has 0 unspecified atom stereocenters. The first kappa shape index (κ1) is 17.3. The molecule has 0 radical (unpaired) electrons. The molecule has 0 amide bonds. The van der Waals surface area contributed by atoms with Gasteiger partial charge in [-0.3, -0.25) is 9.97 Å². The van der Waals surface area contributed by atoms with Crippen LogP contribution < -0.4 is 0 Å². The van der Waals surface area contributed by atoms with Crippen molar-refractivity contribution < 1.29 is 15.1 Å². The van der Waals surface area contributed by atoms with E-state index in [4.69, 9.17) is 12.6 Å². The summed E-state index contributed by atoms with van der Waals surface area (Å²) in [6.07, 6.45) is 11.4. The second-order valence-electron chi connectivity index (χ2n) is 4.16. The van der Waals surface area contributed by atoms with Gasteiger partial charge >= 0.3 is 25.2 Å². The van der Waals surface area contributed by atoms with Crippen molar-refractivity contribution in [1.29, 1.82) is 0 Å². The van der Waals surface area contributed by atoms with Gasteiger partial charge in [0.15, 0.2) is 0 Å². The average molecular weight is 361 g/mol. The second kappa shape index (κ2) is 11.0. The number of rotatable bonds is 2. The van der Waals surface area contributed by atoms with Gasteiger partial charge in [-0.05, 0) is 12.8 Å². The number of aromatic nitrogens is 2. The Labute approximate surface area is 137 Å². The molecule has 0 aliphatic carbocycles. The standard InChI is InChI=1S/C12H17N5S.ClH.Cu/c18-12(17-7-3-1-2-4-8-17)16-15-10-11-9-13-5-6-14-11;;/h5-6,9-10H,1-4,7-8H2,(H,16,18);1H;/q;;+2/p-2/b15-10+;;. The number of nitrogens with zero attached hydrogens (tertiary/aromatic N) is 5. The Kier molecular flexibility index (Phi) is 9.49. The van der Waals surface area contributed by atoms with Crippen molar-refractivity contribution in [2.45, 2.75) is 25.7 Å². The molecular weight excluding hydrogens is 345 g/mol. The van der Waals surface area contributed by atoms with Gasteiger partial charge in [0.25, 0.3) is 0 Å². The maximum absolute atomic E-state index is 5.26. The van der Waals surface area contributed by atoms with Crippen LogP contribution in [-0.4, -0.2) is 39.3 Å². The van der Waals surface area contributed by atoms with Crippen LogP contribution in [0.3, 0.4) is 0 Å². The van der Waals surface area contributed by atoms with Gasteiger partial charge in [0.05, 0.1) is 12.4 Å². The first-order chi connectivity index (χ1) is 9.86. The van der Waals surface area contributed by atoms with E-state index >= 15 is 0 Å². The van der Waals surface area contributed by atoms with Crippen molar-refractivity contribution in [3.63, 3.8) is 0 Å². The summed E-state index contributed by atoms with van der Waals surface area (Å²) in [5.74, 6) is 0. The number of likely N-dealkylation sites (tertiary alicyclic amines) is 1. The molecular formula is C12H16ClCuN5S. The molecule has 113 valence electrons. The molecule has 0 N–H and O–H groups in total. The maximum Gasteiger partial charge on any atom is 0.101 e. The van der Waals surface area contributed by atoms with Gasteiger partial charge < -0.3 is 17.5 Å². The van der Waals surface area contributed by atoms with Crippen LogP contribution in [0.5, 0.6) is 0 Å². The van der Waals surface area contributed by atoms with Crippen LogP contribution in [0.1, 0.15) is 31.4 Å². The molecule has 1 aliphatic rings. The van der Waals surface area contributed by atoms with E-state index in [-0.39, 0.29) is 0 Å². The fourth-order valence-electron chi connectivity index (χ4n) is 1.84. The minimum Gasteiger partial charge on any atom is -0.741 e. The minimum atomic E-state index is 0.567. The maximum atomic E-state index is 5.26. The summed E-state index contributed by atoms with van der Waals surface area (Å²) in [5, 5.41) is 8.57. The number of hydrogen-bond acceptors (Lipinski definition) is 5. The van der Waals surface area contributed by atoms with E-state index in [1.165, 1.54) is 25.7 Å². The molecule has 1 saturated heterocycles. The summed E-state index contributed by atoms with van der Waals surface area (Å²) in [7, 11) is 4.20. The van der Waals surface area contributed by atoms with Gasteiger partial charge in [-0.2, -0.15) is 10.2 Å². The van der Waals surface area contributed by atoms with E-state index < -0.39 is 0 Å². The van der Waals surface area contributed by atoms with Gasteiger partial charge in [0, 0.05) is 30.7 Å². The Morgan fingerprint density at radius 2 is 1.95 bits per heavy atom. The predicted octanol–water partition coefficient (Wildman–Crippen LogP) is 2.28. The van der Waals surface area contributed by atoms with Crippen LogP contribution in [0, 0.1) is 0 Å². The summed E-state index contributed by atoms with van der Waals surface area (Å²) in [6, 6.07) is 0. The van der Waals surface area contributed by atoms with Crippen LogP contribution in [0.2, 0.25) is 0 Å². The average Bonchev–Trinajstić information content (AvgIpc) is 2.79. The minimum absolute atomic E-state index is 0.567. The Hall–Kier alpha value is -0.751. The molecule has 0 aromatic carbocycles. The molecule has 0 atom stereocenters. The molecule has 0 spiro atoms. The predicted molar refractivity (Wildman–Crippen MR) is 80.3 cm³/mol. The summed E-state index contributed by atoms with van der Waals surface area (Å²) in [4.78, 5) is 10.1. The van der Waals surface area contributed by atoms with Crippen molar-refractivity contribution in [2.75, 3.05) is 13.1 Å². The van der Waals surface area contributed by atoms with Crippen LogP contribution in [-0.2, 0) is 27.7 Å². The second-order valence-corrected chi connectivity index (χ2v) is 4.52. The van der Waals surface area contributed by atoms with E-state index in [1.54, 1.807) is 24.8 Å². The zero-order valence-electron chi connectivity index (χ0n) is 10.9. The zero-order valence-corrected chi connectivity index (χ0v) is 13.4. The van der Waals surface area contributed by atoms with Crippen molar-refractivity contribution in [2.24, 2.45) is 10.2 Å². The van der Waals surface area contributed by atoms with Gasteiger partial charge in [-0.25, -0.2) is 0 Å². The number of amidine groups is 1. The molecule has 1 aliphatic heterocycles. The molecule has 0 saturated carbocycles. The van der Waals surface area contributed by atoms with E-state index in [0.717, 1.165) is 13.1 Å². The van der Waals surface area contributed by atoms with Crippen molar-refractivity contribution in [3.05, 3.63) is 24.3 Å². The smallest absolute Gasteiger partial charge is 0.101 e. The fourth-order valence-corrected chi connectivity index (χ4v) is 2.07. The van der Waals surface area contributed by atoms with Crippen molar-refractivity contribution >= 4 is 34.1 Å². The monoisotopic (exact) mass is 360 g/mol. The van der Waals surface area contributed by atoms with Crippen molar-refractivity contribution in [3.8, 4) is 0 Å². The normalized spacial score (nSPS) is 16.6. The Morgan fingerprint density at radius 3 is 2.55 bits per heavy atom. The van der Waals surface area contributed by atoms with Crippen LogP contribution in [0.4, 0.5) is 0 Å². The first-order valence-electron chi connectivity index (χ1n) is 6.26. The number of hydrogen-bond donors (Lipinski definition) is 0. The third-order valence-corrected chi connectivity index (χ3v) is 3.13.